The summed E-state index contributed by atoms with van der Waals surface area (Å²) in [5.41, 5.74) is 1.12. The average Bonchev–Trinajstić information content (AvgIpc) is 3.46. The lowest BCUT2D eigenvalue weighted by atomic mass is 10.0. The van der Waals surface area contributed by atoms with Crippen molar-refractivity contribution in [3.05, 3.63) is 29.8 Å². The third kappa shape index (κ3) is 5.53. The van der Waals surface area contributed by atoms with Crippen LogP contribution in [0.25, 0.3) is 0 Å². The molecule has 1 saturated carbocycles. The van der Waals surface area contributed by atoms with Crippen molar-refractivity contribution >= 4 is 17.5 Å². The number of carbonyl (C=O) groups excluding carboxylic acids is 2. The second-order valence-corrected chi connectivity index (χ2v) is 8.12. The van der Waals surface area contributed by atoms with Crippen molar-refractivity contribution in [2.45, 2.75) is 57.7 Å². The van der Waals surface area contributed by atoms with Crippen LogP contribution < -0.4 is 10.6 Å². The van der Waals surface area contributed by atoms with Gasteiger partial charge in [-0.05, 0) is 71.8 Å². The lowest BCUT2D eigenvalue weighted by Crippen LogP contribution is -2.47. The first kappa shape index (κ1) is 19.8. The molecule has 2 amide bonds. The van der Waals surface area contributed by atoms with Crippen molar-refractivity contribution in [3.63, 3.8) is 0 Å². The summed E-state index contributed by atoms with van der Waals surface area (Å²) in [7, 11) is 2.01. The smallest absolute Gasteiger partial charge is 0.253 e. The van der Waals surface area contributed by atoms with Crippen molar-refractivity contribution in [2.24, 2.45) is 0 Å². The Kier molecular flexibility index (Phi) is 6.50. The van der Waals surface area contributed by atoms with Crippen molar-refractivity contribution in [2.75, 3.05) is 32.0 Å². The summed E-state index contributed by atoms with van der Waals surface area (Å²) in [5, 5.41) is 5.91. The Hall–Kier alpha value is -1.92. The average molecular weight is 373 g/mol. The quantitative estimate of drug-likeness (QED) is 0.771. The molecule has 3 rings (SSSR count). The highest BCUT2D eigenvalue weighted by Gasteiger charge is 2.26. The molecule has 0 spiro atoms. The minimum atomic E-state index is -0.109. The van der Waals surface area contributed by atoms with E-state index in [1.54, 1.807) is 12.1 Å². The van der Waals surface area contributed by atoms with E-state index in [0.29, 0.717) is 35.9 Å². The van der Waals surface area contributed by atoms with Crippen LogP contribution in [0, 0.1) is 0 Å². The number of piperidine rings is 1. The third-order valence-corrected chi connectivity index (χ3v) is 5.60. The summed E-state index contributed by atoms with van der Waals surface area (Å²) in [6.07, 6.45) is 4.26. The van der Waals surface area contributed by atoms with Gasteiger partial charge >= 0.3 is 0 Å². The molecule has 0 unspecified atom stereocenters. The lowest BCUT2D eigenvalue weighted by Gasteiger charge is -2.38. The summed E-state index contributed by atoms with van der Waals surface area (Å²) in [6.45, 7) is 6.96. The number of likely N-dealkylation sites (tertiary alicyclic amines) is 1. The molecule has 0 aromatic heterocycles. The Bertz CT molecular complexity index is 664. The molecule has 0 atom stereocenters. The van der Waals surface area contributed by atoms with E-state index in [0.717, 1.165) is 38.8 Å². The van der Waals surface area contributed by atoms with E-state index in [1.165, 1.54) is 0 Å². The zero-order valence-corrected chi connectivity index (χ0v) is 16.7. The molecule has 1 heterocycles. The van der Waals surface area contributed by atoms with Gasteiger partial charge in [0.25, 0.3) is 5.91 Å². The van der Waals surface area contributed by atoms with Crippen LogP contribution in [0.2, 0.25) is 0 Å². The number of hydrogen-bond donors (Lipinski definition) is 2. The minimum Gasteiger partial charge on any atom is -0.349 e. The molecule has 2 aliphatic rings. The molecule has 2 fully saturated rings. The number of anilines is 1. The fourth-order valence-corrected chi connectivity index (χ4v) is 3.67. The first-order valence-corrected chi connectivity index (χ1v) is 10.1. The number of hydrogen-bond acceptors (Lipinski definition) is 4. The Morgan fingerprint density at radius 3 is 2.44 bits per heavy atom. The standard InChI is InChI=1S/C21H32N4O2/c1-15(2)25-12-10-17(11-13-25)24(3)14-20(26)23-19-7-5-4-6-18(19)21(27)22-16-8-9-16/h4-7,15-17H,8-14H2,1-3H3,(H,22,27)(H,23,26). The fourth-order valence-electron chi connectivity index (χ4n) is 3.67. The van der Waals surface area contributed by atoms with Gasteiger partial charge in [-0.1, -0.05) is 12.1 Å². The number of rotatable bonds is 7. The molecule has 148 valence electrons. The monoisotopic (exact) mass is 372 g/mol. The zero-order chi connectivity index (χ0) is 19.4. The number of likely N-dealkylation sites (N-methyl/N-ethyl adjacent to an activating group) is 1. The number of para-hydroxylation sites is 1. The van der Waals surface area contributed by atoms with Crippen LogP contribution >= 0.6 is 0 Å². The van der Waals surface area contributed by atoms with Crippen LogP contribution in [0.1, 0.15) is 49.9 Å². The number of nitrogens with one attached hydrogen (secondary N) is 2. The van der Waals surface area contributed by atoms with Crippen molar-refractivity contribution in [1.82, 2.24) is 15.1 Å². The van der Waals surface area contributed by atoms with Gasteiger partial charge in [0.15, 0.2) is 0 Å². The van der Waals surface area contributed by atoms with Gasteiger partial charge in [-0.25, -0.2) is 0 Å². The molecule has 1 aliphatic carbocycles. The van der Waals surface area contributed by atoms with E-state index in [4.69, 9.17) is 0 Å². The highest BCUT2D eigenvalue weighted by Crippen LogP contribution is 2.22. The maximum absolute atomic E-state index is 12.6. The maximum Gasteiger partial charge on any atom is 0.253 e. The van der Waals surface area contributed by atoms with Crippen LogP contribution in [0.15, 0.2) is 24.3 Å². The van der Waals surface area contributed by atoms with Crippen LogP contribution in [0.5, 0.6) is 0 Å². The molecule has 6 nitrogen and oxygen atoms in total. The minimum absolute atomic E-state index is 0.0736. The number of benzene rings is 1. The molecule has 6 heteroatoms. The van der Waals surface area contributed by atoms with Gasteiger partial charge in [-0.3, -0.25) is 14.5 Å². The molecular formula is C21H32N4O2. The molecule has 2 N–H and O–H groups in total. The summed E-state index contributed by atoms with van der Waals surface area (Å²) >= 11 is 0. The van der Waals surface area contributed by atoms with Gasteiger partial charge in [-0.2, -0.15) is 0 Å². The molecular weight excluding hydrogens is 340 g/mol. The molecule has 1 aliphatic heterocycles. The topological polar surface area (TPSA) is 64.7 Å². The van der Waals surface area contributed by atoms with E-state index in [2.05, 4.69) is 34.3 Å². The highest BCUT2D eigenvalue weighted by atomic mass is 16.2. The normalized spacial score (nSPS) is 18.7. The van der Waals surface area contributed by atoms with Gasteiger partial charge in [0.1, 0.15) is 0 Å². The second kappa shape index (κ2) is 8.85. The van der Waals surface area contributed by atoms with Gasteiger partial charge in [-0.15, -0.1) is 0 Å². The van der Waals surface area contributed by atoms with E-state index >= 15 is 0 Å². The summed E-state index contributed by atoms with van der Waals surface area (Å²) in [4.78, 5) is 29.6. The molecule has 0 bridgehead atoms. The number of nitrogens with zero attached hydrogens (tertiary/aromatic N) is 2. The van der Waals surface area contributed by atoms with Gasteiger partial charge in [0, 0.05) is 18.1 Å². The fraction of sp³-hybridized carbons (Fsp3) is 0.619. The van der Waals surface area contributed by atoms with E-state index < -0.39 is 0 Å². The SMILES string of the molecule is CC(C)N1CCC(N(C)CC(=O)Nc2ccccc2C(=O)NC2CC2)CC1. The molecule has 1 aromatic carbocycles. The largest absolute Gasteiger partial charge is 0.349 e. The Morgan fingerprint density at radius 1 is 1.15 bits per heavy atom. The number of carbonyl (C=O) groups is 2. The number of amides is 2. The van der Waals surface area contributed by atoms with Gasteiger partial charge in [0.2, 0.25) is 5.91 Å². The Labute approximate surface area is 162 Å². The predicted octanol–water partition coefficient (Wildman–Crippen LogP) is 2.32. The summed E-state index contributed by atoms with van der Waals surface area (Å²) in [6, 6.07) is 8.53. The Morgan fingerprint density at radius 2 is 1.81 bits per heavy atom. The van der Waals surface area contributed by atoms with E-state index in [-0.39, 0.29) is 11.8 Å². The zero-order valence-electron chi connectivity index (χ0n) is 16.7. The van der Waals surface area contributed by atoms with E-state index in [9.17, 15) is 9.59 Å². The van der Waals surface area contributed by atoms with Crippen LogP contribution in [0.3, 0.4) is 0 Å². The van der Waals surface area contributed by atoms with Crippen LogP contribution in [-0.2, 0) is 4.79 Å². The first-order chi connectivity index (χ1) is 12.9. The predicted molar refractivity (Wildman–Crippen MR) is 108 cm³/mol. The third-order valence-electron chi connectivity index (χ3n) is 5.60. The van der Waals surface area contributed by atoms with Crippen molar-refractivity contribution < 1.29 is 9.59 Å². The van der Waals surface area contributed by atoms with Crippen molar-refractivity contribution in [1.29, 1.82) is 0 Å². The van der Waals surface area contributed by atoms with Gasteiger partial charge < -0.3 is 15.5 Å². The van der Waals surface area contributed by atoms with Crippen LogP contribution in [-0.4, -0.2) is 66.4 Å². The molecule has 1 saturated heterocycles. The second-order valence-electron chi connectivity index (χ2n) is 8.12. The molecule has 27 heavy (non-hydrogen) atoms. The van der Waals surface area contributed by atoms with Crippen molar-refractivity contribution in [3.8, 4) is 0 Å². The molecule has 1 aromatic rings. The maximum atomic E-state index is 12.6. The summed E-state index contributed by atoms with van der Waals surface area (Å²) in [5.74, 6) is -0.182. The van der Waals surface area contributed by atoms with Gasteiger partial charge in [0.05, 0.1) is 17.8 Å². The lowest BCUT2D eigenvalue weighted by molar-refractivity contribution is -0.117. The molecule has 0 radical (unpaired) electrons. The highest BCUT2D eigenvalue weighted by molar-refractivity contribution is 6.04. The summed E-state index contributed by atoms with van der Waals surface area (Å²) < 4.78 is 0. The first-order valence-electron chi connectivity index (χ1n) is 10.1. The van der Waals surface area contributed by atoms with E-state index in [1.807, 2.05) is 19.2 Å². The van der Waals surface area contributed by atoms with Crippen LogP contribution in [0.4, 0.5) is 5.69 Å². The Balaban J connectivity index is 1.52.